The number of halogens is 2. The third kappa shape index (κ3) is 2.78. The molecule has 0 radical (unpaired) electrons. The molecule has 0 unspecified atom stereocenters. The lowest BCUT2D eigenvalue weighted by Gasteiger charge is -2.08. The van der Waals surface area contributed by atoms with Gasteiger partial charge in [-0.15, -0.1) is 0 Å². The highest BCUT2D eigenvalue weighted by Crippen LogP contribution is 2.25. The first kappa shape index (κ1) is 13.6. The number of nitrogens with zero attached hydrogens (tertiary/aromatic N) is 3. The van der Waals surface area contributed by atoms with Crippen LogP contribution in [0.15, 0.2) is 18.5 Å². The summed E-state index contributed by atoms with van der Waals surface area (Å²) >= 11 is 8.24. The zero-order valence-electron chi connectivity index (χ0n) is 9.94. The van der Waals surface area contributed by atoms with E-state index in [9.17, 15) is 0 Å². The molecule has 0 atom stereocenters. The molecule has 94 valence electrons. The number of methoxy groups -OCH3 is 1. The van der Waals surface area contributed by atoms with Crippen LogP contribution in [0.5, 0.6) is 0 Å². The van der Waals surface area contributed by atoms with Crippen molar-refractivity contribution in [3.05, 3.63) is 38.4 Å². The number of aromatic nitrogens is 3. The first-order valence-electron chi connectivity index (χ1n) is 5.25. The van der Waals surface area contributed by atoms with Crippen molar-refractivity contribution in [1.82, 2.24) is 15.0 Å². The minimum Gasteiger partial charge on any atom is -0.378 e. The van der Waals surface area contributed by atoms with Crippen LogP contribution < -0.4 is 0 Å². The molecule has 18 heavy (non-hydrogen) atoms. The Kier molecular flexibility index (Phi) is 4.47. The average Bonchev–Trinajstić information content (AvgIpc) is 2.35. The molecule has 0 aliphatic carbocycles. The van der Waals surface area contributed by atoms with Crippen LogP contribution in [0.3, 0.4) is 0 Å². The highest BCUT2D eigenvalue weighted by atomic mass is 127. The molecule has 2 rings (SSSR count). The molecular formula is C12H11ClIN3O. The number of ether oxygens (including phenoxy) is 1. The molecular weight excluding hydrogens is 365 g/mol. The van der Waals surface area contributed by atoms with Crippen molar-refractivity contribution in [3.8, 4) is 11.4 Å². The molecule has 0 saturated heterocycles. The molecule has 0 fully saturated rings. The Bertz CT molecular complexity index is 577. The molecule has 0 spiro atoms. The van der Waals surface area contributed by atoms with Crippen LogP contribution in [0, 0.1) is 10.5 Å². The summed E-state index contributed by atoms with van der Waals surface area (Å²) in [6.45, 7) is 2.40. The van der Waals surface area contributed by atoms with Crippen molar-refractivity contribution in [3.63, 3.8) is 0 Å². The lowest BCUT2D eigenvalue weighted by Crippen LogP contribution is -2.02. The molecule has 0 aliphatic heterocycles. The van der Waals surface area contributed by atoms with Gasteiger partial charge in [0, 0.05) is 25.1 Å². The predicted octanol–water partition coefficient (Wildman–Crippen LogP) is 3.25. The van der Waals surface area contributed by atoms with E-state index in [1.54, 1.807) is 19.5 Å². The minimum absolute atomic E-state index is 0.410. The Balaban J connectivity index is 2.56. The largest absolute Gasteiger partial charge is 0.378 e. The lowest BCUT2D eigenvalue weighted by molar-refractivity contribution is 0.181. The maximum Gasteiger partial charge on any atom is 0.163 e. The smallest absolute Gasteiger partial charge is 0.163 e. The standard InChI is InChI=1S/C12H11ClIN3O/c1-7-3-4-15-5-8(7)12-16-9(6-18-2)10(14)11(13)17-12/h3-5H,6H2,1-2H3. The Morgan fingerprint density at radius 2 is 2.17 bits per heavy atom. The number of hydrogen-bond donors (Lipinski definition) is 0. The fraction of sp³-hybridized carbons (Fsp3) is 0.250. The second kappa shape index (κ2) is 5.90. The Labute approximate surface area is 124 Å². The van der Waals surface area contributed by atoms with Gasteiger partial charge < -0.3 is 4.74 Å². The molecule has 2 heterocycles. The van der Waals surface area contributed by atoms with Crippen molar-refractivity contribution < 1.29 is 4.74 Å². The van der Waals surface area contributed by atoms with Gasteiger partial charge in [0.1, 0.15) is 5.15 Å². The molecule has 6 heteroatoms. The summed E-state index contributed by atoms with van der Waals surface area (Å²) in [4.78, 5) is 12.9. The van der Waals surface area contributed by atoms with Gasteiger partial charge in [0.05, 0.1) is 15.9 Å². The van der Waals surface area contributed by atoms with E-state index in [4.69, 9.17) is 16.3 Å². The third-order valence-electron chi connectivity index (χ3n) is 2.44. The number of hydrogen-bond acceptors (Lipinski definition) is 4. The van der Waals surface area contributed by atoms with E-state index in [2.05, 4.69) is 37.5 Å². The fourth-order valence-corrected chi connectivity index (χ4v) is 2.10. The van der Waals surface area contributed by atoms with Gasteiger partial charge in [-0.3, -0.25) is 4.98 Å². The van der Waals surface area contributed by atoms with Crippen LogP contribution in [0.4, 0.5) is 0 Å². The second-order valence-corrected chi connectivity index (χ2v) is 5.16. The molecule has 0 aromatic carbocycles. The van der Waals surface area contributed by atoms with Crippen LogP contribution in [0.2, 0.25) is 5.15 Å². The van der Waals surface area contributed by atoms with Gasteiger partial charge in [-0.25, -0.2) is 9.97 Å². The van der Waals surface area contributed by atoms with Gasteiger partial charge in [0.2, 0.25) is 0 Å². The van der Waals surface area contributed by atoms with Crippen molar-refractivity contribution >= 4 is 34.2 Å². The van der Waals surface area contributed by atoms with Crippen molar-refractivity contribution in [2.24, 2.45) is 0 Å². The summed E-state index contributed by atoms with van der Waals surface area (Å²) < 4.78 is 5.94. The van der Waals surface area contributed by atoms with E-state index in [1.807, 2.05) is 13.0 Å². The molecule has 0 amide bonds. The quantitative estimate of drug-likeness (QED) is 0.610. The highest BCUT2D eigenvalue weighted by molar-refractivity contribution is 14.1. The van der Waals surface area contributed by atoms with E-state index in [-0.39, 0.29) is 0 Å². The summed E-state index contributed by atoms with van der Waals surface area (Å²) in [6, 6.07) is 1.92. The molecule has 4 nitrogen and oxygen atoms in total. The highest BCUT2D eigenvalue weighted by Gasteiger charge is 2.13. The van der Waals surface area contributed by atoms with Gasteiger partial charge in [0.15, 0.2) is 5.82 Å². The van der Waals surface area contributed by atoms with E-state index < -0.39 is 0 Å². The zero-order chi connectivity index (χ0) is 13.1. The molecule has 0 saturated carbocycles. The van der Waals surface area contributed by atoms with Gasteiger partial charge in [-0.1, -0.05) is 11.6 Å². The summed E-state index contributed by atoms with van der Waals surface area (Å²) in [5, 5.41) is 0.441. The monoisotopic (exact) mass is 375 g/mol. The van der Waals surface area contributed by atoms with Crippen molar-refractivity contribution in [1.29, 1.82) is 0 Å². The van der Waals surface area contributed by atoms with Gasteiger partial charge in [-0.05, 0) is 41.1 Å². The second-order valence-electron chi connectivity index (χ2n) is 3.72. The maximum absolute atomic E-state index is 6.12. The van der Waals surface area contributed by atoms with Crippen LogP contribution in [0.25, 0.3) is 11.4 Å². The van der Waals surface area contributed by atoms with Crippen LogP contribution in [-0.2, 0) is 11.3 Å². The van der Waals surface area contributed by atoms with Crippen LogP contribution in [0.1, 0.15) is 11.3 Å². The van der Waals surface area contributed by atoms with E-state index >= 15 is 0 Å². The SMILES string of the molecule is COCc1nc(-c2cnccc2C)nc(Cl)c1I. The predicted molar refractivity (Wildman–Crippen MR) is 78.4 cm³/mol. The Hall–Kier alpha value is -0.790. The van der Waals surface area contributed by atoms with Gasteiger partial charge >= 0.3 is 0 Å². The summed E-state index contributed by atoms with van der Waals surface area (Å²) in [7, 11) is 1.63. The first-order valence-corrected chi connectivity index (χ1v) is 6.71. The summed E-state index contributed by atoms with van der Waals surface area (Å²) in [5.74, 6) is 0.582. The first-order chi connectivity index (χ1) is 8.63. The van der Waals surface area contributed by atoms with E-state index in [1.165, 1.54) is 0 Å². The van der Waals surface area contributed by atoms with Crippen LogP contribution >= 0.6 is 34.2 Å². The van der Waals surface area contributed by atoms with Gasteiger partial charge in [0.25, 0.3) is 0 Å². The average molecular weight is 376 g/mol. The zero-order valence-corrected chi connectivity index (χ0v) is 12.9. The number of rotatable bonds is 3. The normalized spacial score (nSPS) is 10.7. The molecule has 0 bridgehead atoms. The molecule has 2 aromatic rings. The van der Waals surface area contributed by atoms with Crippen molar-refractivity contribution in [2.75, 3.05) is 7.11 Å². The van der Waals surface area contributed by atoms with Crippen LogP contribution in [-0.4, -0.2) is 22.1 Å². The maximum atomic E-state index is 6.12. The lowest BCUT2D eigenvalue weighted by atomic mass is 10.1. The Morgan fingerprint density at radius 1 is 1.39 bits per heavy atom. The summed E-state index contributed by atoms with van der Waals surface area (Å²) in [6.07, 6.45) is 3.48. The van der Waals surface area contributed by atoms with Gasteiger partial charge in [-0.2, -0.15) is 0 Å². The summed E-state index contributed by atoms with van der Waals surface area (Å²) in [5.41, 5.74) is 2.73. The van der Waals surface area contributed by atoms with E-state index in [0.717, 1.165) is 20.4 Å². The molecule has 2 aromatic heterocycles. The Morgan fingerprint density at radius 3 is 2.83 bits per heavy atom. The molecule has 0 N–H and O–H groups in total. The fourth-order valence-electron chi connectivity index (χ4n) is 1.51. The third-order valence-corrected chi connectivity index (χ3v) is 4.17. The van der Waals surface area contributed by atoms with Crippen molar-refractivity contribution in [2.45, 2.75) is 13.5 Å². The number of pyridine rings is 1. The topological polar surface area (TPSA) is 47.9 Å². The number of aryl methyl sites for hydroxylation is 1. The molecule has 0 aliphatic rings. The minimum atomic E-state index is 0.410. The van der Waals surface area contributed by atoms with E-state index in [0.29, 0.717) is 17.6 Å².